The van der Waals surface area contributed by atoms with Gasteiger partial charge in [-0.25, -0.2) is 9.97 Å². The molecule has 7 nitrogen and oxygen atoms in total. The molecule has 1 heterocycles. The molecule has 3 N–H and O–H groups in total. The zero-order chi connectivity index (χ0) is 19.2. The van der Waals surface area contributed by atoms with Crippen LogP contribution in [0.5, 0.6) is 0 Å². The fourth-order valence-corrected chi connectivity index (χ4v) is 2.47. The molecule has 3 rings (SSSR count). The van der Waals surface area contributed by atoms with Crippen molar-refractivity contribution in [2.75, 3.05) is 16.0 Å². The number of hydrogen-bond donors (Lipinski definition) is 3. The van der Waals surface area contributed by atoms with Crippen LogP contribution in [0, 0.1) is 6.92 Å². The number of nitrogens with one attached hydrogen (secondary N) is 3. The van der Waals surface area contributed by atoms with Crippen molar-refractivity contribution < 1.29 is 9.59 Å². The number of carbonyl (C=O) groups excluding carboxylic acids is 2. The number of carbonyl (C=O) groups is 2. The summed E-state index contributed by atoms with van der Waals surface area (Å²) in [4.78, 5) is 31.9. The summed E-state index contributed by atoms with van der Waals surface area (Å²) in [6, 6.07) is 16.3. The predicted octanol–water partition coefficient (Wildman–Crippen LogP) is 3.74. The molecule has 2 amide bonds. The lowest BCUT2D eigenvalue weighted by Crippen LogP contribution is -2.15. The maximum absolute atomic E-state index is 12.5. The van der Waals surface area contributed by atoms with Gasteiger partial charge in [0, 0.05) is 30.1 Å². The highest BCUT2D eigenvalue weighted by molar-refractivity contribution is 6.03. The van der Waals surface area contributed by atoms with Crippen molar-refractivity contribution >= 4 is 34.7 Å². The minimum atomic E-state index is -0.370. The maximum atomic E-state index is 12.5. The van der Waals surface area contributed by atoms with Crippen LogP contribution in [0.1, 0.15) is 23.0 Å². The Hall–Kier alpha value is -3.74. The predicted molar refractivity (Wildman–Crippen MR) is 105 cm³/mol. The fraction of sp³-hybridized carbons (Fsp3) is 0.100. The third-order valence-corrected chi connectivity index (χ3v) is 3.75. The number of anilines is 4. The summed E-state index contributed by atoms with van der Waals surface area (Å²) in [7, 11) is 0. The number of amides is 2. The second-order valence-electron chi connectivity index (χ2n) is 5.94. The summed E-state index contributed by atoms with van der Waals surface area (Å²) in [5.41, 5.74) is 3.36. The van der Waals surface area contributed by atoms with E-state index in [0.29, 0.717) is 17.2 Å². The molecule has 0 saturated heterocycles. The van der Waals surface area contributed by atoms with Crippen molar-refractivity contribution in [3.63, 3.8) is 0 Å². The van der Waals surface area contributed by atoms with Gasteiger partial charge in [-0.3, -0.25) is 9.59 Å². The number of para-hydroxylation sites is 1. The highest BCUT2D eigenvalue weighted by Crippen LogP contribution is 2.19. The second-order valence-corrected chi connectivity index (χ2v) is 5.94. The van der Waals surface area contributed by atoms with E-state index < -0.39 is 0 Å². The van der Waals surface area contributed by atoms with Gasteiger partial charge in [-0.05, 0) is 36.8 Å². The normalized spacial score (nSPS) is 10.1. The van der Waals surface area contributed by atoms with Crippen molar-refractivity contribution in [1.29, 1.82) is 0 Å². The second kappa shape index (κ2) is 8.09. The van der Waals surface area contributed by atoms with Crippen molar-refractivity contribution in [3.8, 4) is 0 Å². The number of hydrogen-bond acceptors (Lipinski definition) is 5. The lowest BCUT2D eigenvalue weighted by Gasteiger charge is -2.10. The van der Waals surface area contributed by atoms with E-state index in [0.717, 1.165) is 11.3 Å². The molecule has 0 aliphatic carbocycles. The molecular formula is C20H19N5O2. The Labute approximate surface area is 156 Å². The van der Waals surface area contributed by atoms with Crippen LogP contribution >= 0.6 is 0 Å². The van der Waals surface area contributed by atoms with Gasteiger partial charge in [0.15, 0.2) is 0 Å². The lowest BCUT2D eigenvalue weighted by molar-refractivity contribution is -0.114. The molecule has 136 valence electrons. The fourth-order valence-electron chi connectivity index (χ4n) is 2.47. The molecule has 0 fully saturated rings. The van der Waals surface area contributed by atoms with E-state index in [1.165, 1.54) is 13.3 Å². The number of aryl methyl sites for hydroxylation is 1. The van der Waals surface area contributed by atoms with Crippen LogP contribution in [0.4, 0.5) is 22.9 Å². The quantitative estimate of drug-likeness (QED) is 0.643. The standard InChI is InChI=1S/C20H19N5O2/c1-13-6-3-4-9-17(13)25-19-11-18(21-12-22-19)20(27)24-16-8-5-7-15(10-16)23-14(2)26/h3-12H,1-2H3,(H,23,26)(H,24,27)(H,21,22,25). The molecule has 7 heteroatoms. The summed E-state index contributed by atoms with van der Waals surface area (Å²) in [6.45, 7) is 3.41. The van der Waals surface area contributed by atoms with E-state index in [9.17, 15) is 9.59 Å². The van der Waals surface area contributed by atoms with Gasteiger partial charge in [0.05, 0.1) is 0 Å². The third-order valence-electron chi connectivity index (χ3n) is 3.75. The van der Waals surface area contributed by atoms with Gasteiger partial charge in [-0.2, -0.15) is 0 Å². The highest BCUT2D eigenvalue weighted by Gasteiger charge is 2.10. The molecule has 0 atom stereocenters. The Kier molecular flexibility index (Phi) is 5.41. The van der Waals surface area contributed by atoms with Gasteiger partial charge in [0.25, 0.3) is 5.91 Å². The summed E-state index contributed by atoms with van der Waals surface area (Å²) >= 11 is 0. The highest BCUT2D eigenvalue weighted by atomic mass is 16.2. The van der Waals surface area contributed by atoms with Crippen molar-refractivity contribution in [2.24, 2.45) is 0 Å². The SMILES string of the molecule is CC(=O)Nc1cccc(NC(=O)c2cc(Nc3ccccc3C)ncn2)c1. The maximum Gasteiger partial charge on any atom is 0.274 e. The van der Waals surface area contributed by atoms with E-state index in [1.807, 2.05) is 31.2 Å². The van der Waals surface area contributed by atoms with E-state index in [1.54, 1.807) is 30.3 Å². The minimum absolute atomic E-state index is 0.179. The number of aromatic nitrogens is 2. The topological polar surface area (TPSA) is 96.0 Å². The summed E-state index contributed by atoms with van der Waals surface area (Å²) in [5.74, 6) is -0.0251. The molecule has 0 aliphatic heterocycles. The van der Waals surface area contributed by atoms with Crippen molar-refractivity contribution in [2.45, 2.75) is 13.8 Å². The molecule has 1 aromatic heterocycles. The van der Waals surface area contributed by atoms with Gasteiger partial charge < -0.3 is 16.0 Å². The van der Waals surface area contributed by atoms with Gasteiger partial charge in [0.2, 0.25) is 5.91 Å². The van der Waals surface area contributed by atoms with Crippen molar-refractivity contribution in [3.05, 3.63) is 72.2 Å². The molecule has 27 heavy (non-hydrogen) atoms. The van der Waals surface area contributed by atoms with Gasteiger partial charge in [0.1, 0.15) is 17.8 Å². The lowest BCUT2D eigenvalue weighted by atomic mass is 10.2. The summed E-state index contributed by atoms with van der Waals surface area (Å²) in [5, 5.41) is 8.62. The Morgan fingerprint density at radius 1 is 0.889 bits per heavy atom. The number of nitrogens with zero attached hydrogens (tertiary/aromatic N) is 2. The van der Waals surface area contributed by atoms with E-state index in [4.69, 9.17) is 0 Å². The third kappa shape index (κ3) is 4.88. The first-order valence-corrected chi connectivity index (χ1v) is 8.35. The Morgan fingerprint density at radius 3 is 2.37 bits per heavy atom. The van der Waals surface area contributed by atoms with Gasteiger partial charge in [-0.1, -0.05) is 24.3 Å². The summed E-state index contributed by atoms with van der Waals surface area (Å²) in [6.07, 6.45) is 1.34. The van der Waals surface area contributed by atoms with E-state index >= 15 is 0 Å². The average Bonchev–Trinajstić information content (AvgIpc) is 2.64. The summed E-state index contributed by atoms with van der Waals surface area (Å²) < 4.78 is 0. The molecule has 0 unspecified atom stereocenters. The molecule has 0 aliphatic rings. The largest absolute Gasteiger partial charge is 0.340 e. The average molecular weight is 361 g/mol. The minimum Gasteiger partial charge on any atom is -0.340 e. The monoisotopic (exact) mass is 361 g/mol. The van der Waals surface area contributed by atoms with Crippen LogP contribution < -0.4 is 16.0 Å². The molecule has 0 spiro atoms. The van der Waals surface area contributed by atoms with Crippen LogP contribution in [0.15, 0.2) is 60.9 Å². The Bertz CT molecular complexity index is 987. The first-order chi connectivity index (χ1) is 13.0. The van der Waals surface area contributed by atoms with Gasteiger partial charge in [-0.15, -0.1) is 0 Å². The smallest absolute Gasteiger partial charge is 0.274 e. The molecule has 3 aromatic rings. The Morgan fingerprint density at radius 2 is 1.63 bits per heavy atom. The zero-order valence-corrected chi connectivity index (χ0v) is 15.0. The van der Waals surface area contributed by atoms with Crippen LogP contribution in [-0.4, -0.2) is 21.8 Å². The molecule has 2 aromatic carbocycles. The first-order valence-electron chi connectivity index (χ1n) is 8.35. The van der Waals surface area contributed by atoms with Gasteiger partial charge >= 0.3 is 0 Å². The van der Waals surface area contributed by atoms with E-state index in [2.05, 4.69) is 25.9 Å². The van der Waals surface area contributed by atoms with Crippen molar-refractivity contribution in [1.82, 2.24) is 9.97 Å². The molecule has 0 saturated carbocycles. The number of benzene rings is 2. The van der Waals surface area contributed by atoms with Crippen LogP contribution in [-0.2, 0) is 4.79 Å². The zero-order valence-electron chi connectivity index (χ0n) is 15.0. The molecular weight excluding hydrogens is 342 g/mol. The van der Waals surface area contributed by atoms with E-state index in [-0.39, 0.29) is 17.5 Å². The molecule has 0 radical (unpaired) electrons. The van der Waals surface area contributed by atoms with Crippen LogP contribution in [0.3, 0.4) is 0 Å². The first kappa shape index (κ1) is 18.1. The molecule has 0 bridgehead atoms. The van der Waals surface area contributed by atoms with Crippen LogP contribution in [0.25, 0.3) is 0 Å². The Balaban J connectivity index is 1.74. The number of rotatable bonds is 5. The van der Waals surface area contributed by atoms with Crippen LogP contribution in [0.2, 0.25) is 0 Å².